The highest BCUT2D eigenvalue weighted by atomic mass is 16.5. The van der Waals surface area contributed by atoms with Crippen LogP contribution in [-0.2, 0) is 11.3 Å². The standard InChI is InChI=1S/C21H22N4O4/c1-13-3-4-14(12-28-2)7-18(13)24-20-23-11-19(29-20)15-8-16(10-17(26)9-15)25-6-5-22-21(25)27/h3-4,7-11,26H,5-6,12H2,1-2H3,(H,22,27)(H,23,24). The number of hydrogen-bond acceptors (Lipinski definition) is 6. The molecule has 1 aromatic heterocycles. The van der Waals surface area contributed by atoms with E-state index in [2.05, 4.69) is 15.6 Å². The predicted octanol–water partition coefficient (Wildman–Crippen LogP) is 3.78. The van der Waals surface area contributed by atoms with Gasteiger partial charge in [0.1, 0.15) is 5.75 Å². The van der Waals surface area contributed by atoms with E-state index in [1.807, 2.05) is 25.1 Å². The Morgan fingerprint density at radius 1 is 1.31 bits per heavy atom. The van der Waals surface area contributed by atoms with Crippen molar-refractivity contribution < 1.29 is 19.1 Å². The molecule has 150 valence electrons. The SMILES string of the molecule is COCc1ccc(C)c(Nc2ncc(-c3cc(O)cc(N4CCNC4=O)c3)o2)c1. The zero-order valence-corrected chi connectivity index (χ0v) is 16.2. The normalized spacial score (nSPS) is 13.6. The van der Waals surface area contributed by atoms with Crippen LogP contribution in [0.5, 0.6) is 5.75 Å². The Labute approximate surface area is 168 Å². The molecule has 0 saturated carbocycles. The van der Waals surface area contributed by atoms with Gasteiger partial charge in [0, 0.05) is 43.2 Å². The van der Waals surface area contributed by atoms with Gasteiger partial charge in [0.15, 0.2) is 5.76 Å². The number of carbonyl (C=O) groups excluding carboxylic acids is 1. The minimum Gasteiger partial charge on any atom is -0.508 e. The molecule has 29 heavy (non-hydrogen) atoms. The molecule has 3 aromatic rings. The molecule has 2 amide bonds. The first-order chi connectivity index (χ1) is 14.0. The number of nitrogens with zero attached hydrogens (tertiary/aromatic N) is 2. The highest BCUT2D eigenvalue weighted by Crippen LogP contribution is 2.32. The van der Waals surface area contributed by atoms with E-state index in [-0.39, 0.29) is 11.8 Å². The van der Waals surface area contributed by atoms with Gasteiger partial charge in [-0.05, 0) is 36.2 Å². The first kappa shape index (κ1) is 18.8. The predicted molar refractivity (Wildman–Crippen MR) is 110 cm³/mol. The van der Waals surface area contributed by atoms with E-state index in [0.29, 0.717) is 42.7 Å². The van der Waals surface area contributed by atoms with E-state index in [9.17, 15) is 9.90 Å². The molecular formula is C21H22N4O4. The van der Waals surface area contributed by atoms with Gasteiger partial charge in [-0.25, -0.2) is 9.78 Å². The van der Waals surface area contributed by atoms with Gasteiger partial charge in [-0.3, -0.25) is 4.90 Å². The summed E-state index contributed by atoms with van der Waals surface area (Å²) in [5.41, 5.74) is 4.19. The second-order valence-corrected chi connectivity index (χ2v) is 6.86. The number of aromatic nitrogens is 1. The molecule has 2 aromatic carbocycles. The molecule has 3 N–H and O–H groups in total. The molecule has 4 rings (SSSR count). The van der Waals surface area contributed by atoms with Crippen molar-refractivity contribution in [2.75, 3.05) is 30.4 Å². The average Bonchev–Trinajstić information content (AvgIpc) is 3.33. The third kappa shape index (κ3) is 4.02. The van der Waals surface area contributed by atoms with Crippen LogP contribution in [0.15, 0.2) is 47.0 Å². The first-order valence-corrected chi connectivity index (χ1v) is 9.24. The molecule has 0 unspecified atom stereocenters. The molecule has 1 fully saturated rings. The van der Waals surface area contributed by atoms with E-state index in [1.54, 1.807) is 36.4 Å². The highest BCUT2D eigenvalue weighted by molar-refractivity contribution is 5.95. The number of carbonyl (C=O) groups is 1. The number of benzene rings is 2. The van der Waals surface area contributed by atoms with E-state index in [4.69, 9.17) is 9.15 Å². The maximum atomic E-state index is 11.9. The quantitative estimate of drug-likeness (QED) is 0.588. The van der Waals surface area contributed by atoms with Crippen LogP contribution >= 0.6 is 0 Å². The van der Waals surface area contributed by atoms with Crippen LogP contribution in [0.4, 0.5) is 22.2 Å². The number of aryl methyl sites for hydroxylation is 1. The number of anilines is 3. The molecular weight excluding hydrogens is 372 g/mol. The summed E-state index contributed by atoms with van der Waals surface area (Å²) in [5, 5.41) is 16.0. The first-order valence-electron chi connectivity index (χ1n) is 9.24. The number of rotatable bonds is 6. The number of amides is 2. The number of urea groups is 1. The van der Waals surface area contributed by atoms with Gasteiger partial charge in [-0.1, -0.05) is 12.1 Å². The molecule has 0 spiro atoms. The monoisotopic (exact) mass is 394 g/mol. The summed E-state index contributed by atoms with van der Waals surface area (Å²) >= 11 is 0. The zero-order valence-electron chi connectivity index (χ0n) is 16.2. The van der Waals surface area contributed by atoms with Gasteiger partial charge in [0.05, 0.1) is 12.8 Å². The van der Waals surface area contributed by atoms with Gasteiger partial charge in [0.25, 0.3) is 6.01 Å². The minimum atomic E-state index is -0.187. The molecule has 0 bridgehead atoms. The average molecular weight is 394 g/mol. The van der Waals surface area contributed by atoms with Gasteiger partial charge in [-0.2, -0.15) is 0 Å². The van der Waals surface area contributed by atoms with Crippen LogP contribution in [0.25, 0.3) is 11.3 Å². The van der Waals surface area contributed by atoms with E-state index >= 15 is 0 Å². The number of oxazole rings is 1. The van der Waals surface area contributed by atoms with Gasteiger partial charge in [-0.15, -0.1) is 0 Å². The number of hydrogen-bond donors (Lipinski definition) is 3. The lowest BCUT2D eigenvalue weighted by atomic mass is 10.1. The minimum absolute atomic E-state index is 0.0474. The maximum absolute atomic E-state index is 11.9. The van der Waals surface area contributed by atoms with Crippen LogP contribution in [0.2, 0.25) is 0 Å². The van der Waals surface area contributed by atoms with Crippen molar-refractivity contribution in [1.82, 2.24) is 10.3 Å². The molecule has 2 heterocycles. The number of aromatic hydroxyl groups is 1. The Hall–Kier alpha value is -3.52. The maximum Gasteiger partial charge on any atom is 0.321 e. The van der Waals surface area contributed by atoms with Crippen LogP contribution < -0.4 is 15.5 Å². The van der Waals surface area contributed by atoms with Crippen molar-refractivity contribution >= 4 is 23.4 Å². The fourth-order valence-corrected chi connectivity index (χ4v) is 3.25. The fourth-order valence-electron chi connectivity index (χ4n) is 3.25. The molecule has 0 radical (unpaired) electrons. The fraction of sp³-hybridized carbons (Fsp3) is 0.238. The smallest absolute Gasteiger partial charge is 0.321 e. The van der Waals surface area contributed by atoms with E-state index in [0.717, 1.165) is 16.8 Å². The summed E-state index contributed by atoms with van der Waals surface area (Å²) in [4.78, 5) is 17.8. The number of methoxy groups -OCH3 is 1. The van der Waals surface area contributed by atoms with Gasteiger partial charge < -0.3 is 24.9 Å². The summed E-state index contributed by atoms with van der Waals surface area (Å²) in [6.07, 6.45) is 1.58. The molecule has 8 heteroatoms. The van der Waals surface area contributed by atoms with Crippen molar-refractivity contribution in [2.24, 2.45) is 0 Å². The Morgan fingerprint density at radius 2 is 2.17 bits per heavy atom. The summed E-state index contributed by atoms with van der Waals surface area (Å²) in [6, 6.07) is 11.1. The number of nitrogens with one attached hydrogen (secondary N) is 2. The lowest BCUT2D eigenvalue weighted by molar-refractivity contribution is 0.185. The van der Waals surface area contributed by atoms with E-state index in [1.165, 1.54) is 0 Å². The van der Waals surface area contributed by atoms with Crippen LogP contribution in [-0.4, -0.2) is 36.3 Å². The summed E-state index contributed by atoms with van der Waals surface area (Å²) in [6.45, 7) is 3.62. The van der Waals surface area contributed by atoms with Crippen LogP contribution in [0.3, 0.4) is 0 Å². The number of phenols is 1. The molecule has 8 nitrogen and oxygen atoms in total. The molecule has 1 saturated heterocycles. The summed E-state index contributed by atoms with van der Waals surface area (Å²) < 4.78 is 11.0. The van der Waals surface area contributed by atoms with Gasteiger partial charge >= 0.3 is 6.03 Å². The zero-order chi connectivity index (χ0) is 20.4. The lowest BCUT2D eigenvalue weighted by Crippen LogP contribution is -2.27. The van der Waals surface area contributed by atoms with Crippen molar-refractivity contribution in [2.45, 2.75) is 13.5 Å². The Balaban J connectivity index is 1.59. The second-order valence-electron chi connectivity index (χ2n) is 6.86. The molecule has 0 aliphatic carbocycles. The van der Waals surface area contributed by atoms with Crippen molar-refractivity contribution in [3.8, 4) is 17.1 Å². The Kier molecular flexibility index (Phi) is 5.09. The van der Waals surface area contributed by atoms with Crippen molar-refractivity contribution in [1.29, 1.82) is 0 Å². The number of phenolic OH excluding ortho intramolecular Hbond substituents is 1. The molecule has 1 aliphatic heterocycles. The van der Waals surface area contributed by atoms with Gasteiger partial charge in [0.2, 0.25) is 0 Å². The van der Waals surface area contributed by atoms with Crippen molar-refractivity contribution in [3.05, 3.63) is 53.7 Å². The second kappa shape index (κ2) is 7.84. The third-order valence-corrected chi connectivity index (χ3v) is 4.72. The Morgan fingerprint density at radius 3 is 2.93 bits per heavy atom. The van der Waals surface area contributed by atoms with Crippen molar-refractivity contribution in [3.63, 3.8) is 0 Å². The highest BCUT2D eigenvalue weighted by Gasteiger charge is 2.22. The Bertz CT molecular complexity index is 1050. The van der Waals surface area contributed by atoms with Crippen LogP contribution in [0.1, 0.15) is 11.1 Å². The third-order valence-electron chi connectivity index (χ3n) is 4.72. The topological polar surface area (TPSA) is 99.9 Å². The largest absolute Gasteiger partial charge is 0.508 e. The summed E-state index contributed by atoms with van der Waals surface area (Å²) in [7, 11) is 1.66. The molecule has 1 aliphatic rings. The lowest BCUT2D eigenvalue weighted by Gasteiger charge is -2.15. The number of ether oxygens (including phenoxy) is 1. The molecule has 0 atom stereocenters. The van der Waals surface area contributed by atoms with Crippen LogP contribution in [0, 0.1) is 6.92 Å². The van der Waals surface area contributed by atoms with E-state index < -0.39 is 0 Å². The summed E-state index contributed by atoms with van der Waals surface area (Å²) in [5.74, 6) is 0.529.